The van der Waals surface area contributed by atoms with Gasteiger partial charge in [0.15, 0.2) is 0 Å². The van der Waals surface area contributed by atoms with E-state index >= 15 is 0 Å². The van der Waals surface area contributed by atoms with Crippen LogP contribution in [0.15, 0.2) is 53.7 Å². The molecule has 28 heavy (non-hydrogen) atoms. The third-order valence-electron chi connectivity index (χ3n) is 4.15. The third kappa shape index (κ3) is 5.80. The Morgan fingerprint density at radius 3 is 2.68 bits per heavy atom. The first-order valence-corrected chi connectivity index (χ1v) is 10.1. The summed E-state index contributed by atoms with van der Waals surface area (Å²) < 4.78 is 40.3. The Labute approximate surface area is 163 Å². The van der Waals surface area contributed by atoms with Gasteiger partial charge in [-0.05, 0) is 48.6 Å². The van der Waals surface area contributed by atoms with Crippen LogP contribution in [0.5, 0.6) is 5.75 Å². The van der Waals surface area contributed by atoms with Crippen molar-refractivity contribution < 1.29 is 26.8 Å². The maximum Gasteiger partial charge on any atom is 0.466 e. The van der Waals surface area contributed by atoms with Gasteiger partial charge in [-0.2, -0.15) is 8.42 Å². The number of oxime groups is 1. The zero-order valence-corrected chi connectivity index (χ0v) is 15.8. The van der Waals surface area contributed by atoms with Crippen LogP contribution >= 0.6 is 0 Å². The van der Waals surface area contributed by atoms with Gasteiger partial charge in [0.25, 0.3) is 0 Å². The third-order valence-corrected chi connectivity index (χ3v) is 4.41. The predicted molar refractivity (Wildman–Crippen MR) is 104 cm³/mol. The van der Waals surface area contributed by atoms with Gasteiger partial charge in [0.05, 0.1) is 12.3 Å². The van der Waals surface area contributed by atoms with Crippen molar-refractivity contribution in [2.24, 2.45) is 5.16 Å². The molecule has 148 valence electrons. The summed E-state index contributed by atoms with van der Waals surface area (Å²) in [5, 5.41) is 6.38. The van der Waals surface area contributed by atoms with Crippen molar-refractivity contribution in [2.75, 3.05) is 11.9 Å². The molecule has 0 aliphatic carbocycles. The molecule has 1 amide bonds. The van der Waals surface area contributed by atoms with E-state index in [1.807, 2.05) is 18.2 Å². The average molecular weight is 404 g/mol. The lowest BCUT2D eigenvalue weighted by Crippen LogP contribution is -2.18. The van der Waals surface area contributed by atoms with Gasteiger partial charge in [-0.15, -0.1) is 0 Å². The van der Waals surface area contributed by atoms with Crippen LogP contribution in [0, 0.1) is 0 Å². The monoisotopic (exact) mass is 404 g/mol. The molecule has 9 heteroatoms. The van der Waals surface area contributed by atoms with Crippen LogP contribution in [0.1, 0.15) is 30.4 Å². The Balaban J connectivity index is 1.58. The van der Waals surface area contributed by atoms with E-state index in [1.165, 1.54) is 0 Å². The largest absolute Gasteiger partial charge is 0.494 e. The van der Waals surface area contributed by atoms with E-state index in [0.717, 1.165) is 11.3 Å². The number of fused-ring (bicyclic) bond motifs is 1. The summed E-state index contributed by atoms with van der Waals surface area (Å²) in [5.41, 5.74) is 2.92. The predicted octanol–water partition coefficient (Wildman–Crippen LogP) is 2.95. The summed E-state index contributed by atoms with van der Waals surface area (Å²) in [6.07, 6.45) is 2.08. The molecular weight excluding hydrogens is 384 g/mol. The van der Waals surface area contributed by atoms with Crippen molar-refractivity contribution in [1.82, 2.24) is 0 Å². The minimum absolute atomic E-state index is 0.0148. The SMILES string of the molecule is O=C1CCc2cc(OCCCC(=NOS(=O)(=O)O)c3ccccc3)ccc2N1. The first kappa shape index (κ1) is 19.8. The molecule has 0 atom stereocenters. The lowest BCUT2D eigenvalue weighted by molar-refractivity contribution is -0.116. The van der Waals surface area contributed by atoms with Gasteiger partial charge in [-0.25, -0.2) is 4.28 Å². The summed E-state index contributed by atoms with van der Waals surface area (Å²) >= 11 is 0. The molecular formula is C19H20N2O6S. The lowest BCUT2D eigenvalue weighted by atomic mass is 10.0. The second-order valence-corrected chi connectivity index (χ2v) is 7.23. The summed E-state index contributed by atoms with van der Waals surface area (Å²) in [6.45, 7) is 0.378. The zero-order chi connectivity index (χ0) is 20.0. The fourth-order valence-electron chi connectivity index (χ4n) is 2.84. The van der Waals surface area contributed by atoms with Gasteiger partial charge in [0.2, 0.25) is 5.91 Å². The maximum atomic E-state index is 11.4. The van der Waals surface area contributed by atoms with Crippen LogP contribution in [-0.4, -0.2) is 31.2 Å². The number of hydrogen-bond donors (Lipinski definition) is 2. The number of ether oxygens (including phenoxy) is 1. The topological polar surface area (TPSA) is 114 Å². The number of anilines is 1. The fraction of sp³-hybridized carbons (Fsp3) is 0.263. The Hall–Kier alpha value is -2.91. The van der Waals surface area contributed by atoms with Crippen LogP contribution in [0.3, 0.4) is 0 Å². The Bertz CT molecular complexity index is 973. The number of amides is 1. The fourth-order valence-corrected chi connectivity index (χ4v) is 3.03. The molecule has 0 aromatic heterocycles. The Morgan fingerprint density at radius 1 is 1.14 bits per heavy atom. The van der Waals surface area contributed by atoms with E-state index in [-0.39, 0.29) is 5.91 Å². The minimum atomic E-state index is -4.66. The Kier molecular flexibility index (Phi) is 6.27. The van der Waals surface area contributed by atoms with Crippen LogP contribution in [0.4, 0.5) is 5.69 Å². The smallest absolute Gasteiger partial charge is 0.466 e. The number of nitrogens with zero attached hydrogens (tertiary/aromatic N) is 1. The highest BCUT2D eigenvalue weighted by atomic mass is 32.3. The number of rotatable bonds is 8. The molecule has 0 saturated carbocycles. The van der Waals surface area contributed by atoms with Crippen molar-refractivity contribution in [3.63, 3.8) is 0 Å². The maximum absolute atomic E-state index is 11.4. The molecule has 8 nitrogen and oxygen atoms in total. The lowest BCUT2D eigenvalue weighted by Gasteiger charge is -2.17. The van der Waals surface area contributed by atoms with Gasteiger partial charge >= 0.3 is 10.4 Å². The summed E-state index contributed by atoms with van der Waals surface area (Å²) in [7, 11) is -4.66. The summed E-state index contributed by atoms with van der Waals surface area (Å²) in [5.74, 6) is 0.711. The van der Waals surface area contributed by atoms with Gasteiger partial charge in [0, 0.05) is 12.1 Å². The molecule has 2 N–H and O–H groups in total. The van der Waals surface area contributed by atoms with Crippen molar-refractivity contribution in [2.45, 2.75) is 25.7 Å². The van der Waals surface area contributed by atoms with E-state index in [4.69, 9.17) is 9.29 Å². The average Bonchev–Trinajstić information content (AvgIpc) is 2.67. The van der Waals surface area contributed by atoms with E-state index < -0.39 is 10.4 Å². The van der Waals surface area contributed by atoms with Crippen molar-refractivity contribution in [1.29, 1.82) is 0 Å². The van der Waals surface area contributed by atoms with Gasteiger partial charge in [-0.1, -0.05) is 35.5 Å². The second-order valence-electron chi connectivity index (χ2n) is 6.23. The normalized spacial score (nSPS) is 14.2. The molecule has 1 aliphatic rings. The van der Waals surface area contributed by atoms with Crippen LogP contribution in [0.2, 0.25) is 0 Å². The molecule has 0 bridgehead atoms. The first-order valence-electron chi connectivity index (χ1n) is 8.75. The standard InChI is InChI=1S/C19H20N2O6S/c22-19-11-8-15-13-16(9-10-17(15)20-19)26-12-4-7-18(21-27-28(23,24)25)14-5-2-1-3-6-14/h1-3,5-6,9-10,13H,4,7-8,11-12H2,(H,20,22)(H,23,24,25). The summed E-state index contributed by atoms with van der Waals surface area (Å²) in [4.78, 5) is 11.4. The van der Waals surface area contributed by atoms with Crippen LogP contribution in [-0.2, 0) is 25.9 Å². The number of hydrogen-bond acceptors (Lipinski definition) is 6. The highest BCUT2D eigenvalue weighted by molar-refractivity contribution is 7.80. The number of benzene rings is 2. The number of carbonyl (C=O) groups is 1. The van der Waals surface area contributed by atoms with Crippen molar-refractivity contribution >= 4 is 27.7 Å². The molecule has 1 aliphatic heterocycles. The molecule has 0 unspecified atom stereocenters. The highest BCUT2D eigenvalue weighted by Crippen LogP contribution is 2.26. The minimum Gasteiger partial charge on any atom is -0.494 e. The van der Waals surface area contributed by atoms with Gasteiger partial charge < -0.3 is 10.1 Å². The zero-order valence-electron chi connectivity index (χ0n) is 15.0. The van der Waals surface area contributed by atoms with Crippen LogP contribution in [0.25, 0.3) is 0 Å². The molecule has 0 spiro atoms. The molecule has 0 radical (unpaired) electrons. The van der Waals surface area contributed by atoms with E-state index in [9.17, 15) is 13.2 Å². The first-order chi connectivity index (χ1) is 13.4. The molecule has 2 aromatic carbocycles. The van der Waals surface area contributed by atoms with Gasteiger partial charge in [0.1, 0.15) is 5.75 Å². The molecule has 0 saturated heterocycles. The molecule has 0 fully saturated rings. The van der Waals surface area contributed by atoms with Crippen LogP contribution < -0.4 is 10.1 Å². The quantitative estimate of drug-likeness (QED) is 0.303. The van der Waals surface area contributed by atoms with E-state index in [0.29, 0.717) is 49.3 Å². The number of nitrogens with one attached hydrogen (secondary N) is 1. The van der Waals surface area contributed by atoms with E-state index in [2.05, 4.69) is 14.8 Å². The highest BCUT2D eigenvalue weighted by Gasteiger charge is 2.15. The van der Waals surface area contributed by atoms with Crippen molar-refractivity contribution in [3.8, 4) is 5.75 Å². The summed E-state index contributed by atoms with van der Waals surface area (Å²) in [6, 6.07) is 14.5. The second kappa shape index (κ2) is 8.85. The number of carbonyl (C=O) groups excluding carboxylic acids is 1. The number of aryl methyl sites for hydroxylation is 1. The van der Waals surface area contributed by atoms with Gasteiger partial charge in [-0.3, -0.25) is 9.35 Å². The Morgan fingerprint density at radius 2 is 1.93 bits per heavy atom. The molecule has 1 heterocycles. The molecule has 3 rings (SSSR count). The molecule has 2 aromatic rings. The van der Waals surface area contributed by atoms with E-state index in [1.54, 1.807) is 30.3 Å². The van der Waals surface area contributed by atoms with Crippen molar-refractivity contribution in [3.05, 3.63) is 59.7 Å².